The molecule has 1 unspecified atom stereocenters. The first-order valence-corrected chi connectivity index (χ1v) is 25.1. The number of nitrogens with zero attached hydrogens (tertiary/aromatic N) is 4. The van der Waals surface area contributed by atoms with Crippen molar-refractivity contribution in [1.82, 2.24) is 15.3 Å². The quantitative estimate of drug-likeness (QED) is 0.149. The molecule has 0 fully saturated rings. The Morgan fingerprint density at radius 3 is 1.18 bits per heavy atom. The summed E-state index contributed by atoms with van der Waals surface area (Å²) in [7, 11) is 0. The summed E-state index contributed by atoms with van der Waals surface area (Å²) >= 11 is 0. The molecule has 1 aliphatic rings. The van der Waals surface area contributed by atoms with Crippen LogP contribution in [0.25, 0.3) is 100.0 Å². The lowest BCUT2D eigenvalue weighted by Crippen LogP contribution is -2.33. The van der Waals surface area contributed by atoms with Crippen LogP contribution in [0.3, 0.4) is 0 Å². The molecule has 0 amide bonds. The summed E-state index contributed by atoms with van der Waals surface area (Å²) in [6.07, 6.45) is -0.284. The molecule has 12 aromatic rings. The molecule has 348 valence electrons. The Labute approximate surface area is 430 Å². The summed E-state index contributed by atoms with van der Waals surface area (Å²) in [5, 5.41) is 8.42. The molecule has 5 nitrogen and oxygen atoms in total. The molecule has 0 bridgehead atoms. The van der Waals surface area contributed by atoms with E-state index >= 15 is 0 Å². The van der Waals surface area contributed by atoms with Crippen LogP contribution < -0.4 is 5.32 Å². The lowest BCUT2D eigenvalue weighted by Gasteiger charge is -2.24. The van der Waals surface area contributed by atoms with Crippen LogP contribution in [0, 0.1) is 0 Å². The van der Waals surface area contributed by atoms with Crippen LogP contribution in [0.5, 0.6) is 0 Å². The van der Waals surface area contributed by atoms with Crippen molar-refractivity contribution >= 4 is 33.2 Å². The van der Waals surface area contributed by atoms with Gasteiger partial charge >= 0.3 is 0 Å². The molecule has 74 heavy (non-hydrogen) atoms. The Morgan fingerprint density at radius 1 is 0.284 bits per heavy atom. The van der Waals surface area contributed by atoms with Gasteiger partial charge in [0.25, 0.3) is 0 Å². The third kappa shape index (κ3) is 8.63. The van der Waals surface area contributed by atoms with E-state index in [-0.39, 0.29) is 6.17 Å². The molecule has 0 radical (unpaired) electrons. The highest BCUT2D eigenvalue weighted by Gasteiger charge is 2.22. The van der Waals surface area contributed by atoms with Gasteiger partial charge in [-0.05, 0) is 77.7 Å². The number of rotatable bonds is 10. The van der Waals surface area contributed by atoms with Gasteiger partial charge in [0, 0.05) is 27.8 Å². The predicted octanol–water partition coefficient (Wildman–Crippen LogP) is 16.9. The maximum absolute atomic E-state index is 5.17. The molecule has 11 aromatic carbocycles. The first-order valence-electron chi connectivity index (χ1n) is 25.1. The molecular weight excluding hydrogens is 899 g/mol. The molecule has 0 spiro atoms. The van der Waals surface area contributed by atoms with E-state index < -0.39 is 0 Å². The number of hydrogen-bond acceptors (Lipinski definition) is 5. The van der Waals surface area contributed by atoms with Crippen molar-refractivity contribution in [3.05, 3.63) is 290 Å². The van der Waals surface area contributed by atoms with Gasteiger partial charge in [-0.15, -0.1) is 0 Å². The highest BCUT2D eigenvalue weighted by atomic mass is 15.2. The zero-order valence-corrected chi connectivity index (χ0v) is 40.3. The van der Waals surface area contributed by atoms with Crippen LogP contribution in [0.1, 0.15) is 22.9 Å². The number of nitrogens with one attached hydrogen (secondary N) is 1. The van der Waals surface area contributed by atoms with Crippen molar-refractivity contribution in [3.8, 4) is 78.4 Å². The van der Waals surface area contributed by atoms with Gasteiger partial charge < -0.3 is 5.32 Å². The van der Waals surface area contributed by atoms with Gasteiger partial charge in [0.15, 0.2) is 11.7 Å². The Morgan fingerprint density at radius 2 is 0.649 bits per heavy atom. The molecule has 13 rings (SSSR count). The minimum Gasteiger partial charge on any atom is -0.344 e. The van der Waals surface area contributed by atoms with E-state index in [0.29, 0.717) is 11.7 Å². The summed E-state index contributed by atoms with van der Waals surface area (Å²) in [5.74, 6) is 2.19. The van der Waals surface area contributed by atoms with E-state index in [1.165, 1.54) is 49.4 Å². The monoisotopic (exact) mass is 945 g/mol. The highest BCUT2D eigenvalue weighted by molar-refractivity contribution is 6.14. The normalized spacial score (nSPS) is 13.3. The third-order valence-electron chi connectivity index (χ3n) is 14.0. The summed E-state index contributed by atoms with van der Waals surface area (Å²) in [5.41, 5.74) is 17.3. The molecule has 1 aromatic heterocycles. The highest BCUT2D eigenvalue weighted by Crippen LogP contribution is 2.42. The number of aromatic nitrogens is 2. The SMILES string of the molecule is c1ccc(-c2ccc(C3=NC(c4ccc(-c5ccc(-c6ccc(-c7ccc(-c8cc(-c9ccccc9)nc(-c9ccccc9)n8)cc7)c7ccccc67)c6ccccc56)cc4)=NC(c4ccccc4)N3)cc2)cc1. The van der Waals surface area contributed by atoms with Gasteiger partial charge in [-0.2, -0.15) is 0 Å². The van der Waals surface area contributed by atoms with E-state index in [0.717, 1.165) is 67.3 Å². The molecule has 1 aliphatic heterocycles. The van der Waals surface area contributed by atoms with Crippen LogP contribution >= 0.6 is 0 Å². The van der Waals surface area contributed by atoms with Gasteiger partial charge in [-0.25, -0.2) is 20.0 Å². The second-order valence-corrected chi connectivity index (χ2v) is 18.6. The predicted molar refractivity (Wildman–Crippen MR) is 307 cm³/mol. The second-order valence-electron chi connectivity index (χ2n) is 18.6. The van der Waals surface area contributed by atoms with Gasteiger partial charge in [0.05, 0.1) is 11.4 Å². The van der Waals surface area contributed by atoms with Crippen molar-refractivity contribution < 1.29 is 0 Å². The van der Waals surface area contributed by atoms with Crippen molar-refractivity contribution in [2.75, 3.05) is 0 Å². The number of benzene rings is 11. The second kappa shape index (κ2) is 19.4. The average Bonchev–Trinajstić information content (AvgIpc) is 3.49. The Kier molecular flexibility index (Phi) is 11.6. The van der Waals surface area contributed by atoms with Gasteiger partial charge in [-0.1, -0.05) is 267 Å². The summed E-state index contributed by atoms with van der Waals surface area (Å²) in [4.78, 5) is 20.4. The number of hydrogen-bond donors (Lipinski definition) is 1. The lowest BCUT2D eigenvalue weighted by atomic mass is 9.88. The average molecular weight is 946 g/mol. The maximum atomic E-state index is 5.17. The van der Waals surface area contributed by atoms with E-state index in [2.05, 4.69) is 230 Å². The standard InChI is InChI=1S/C69H47N5/c1-5-17-46(18-6-1)47-29-37-54(38-30-47)68-72-67(53-23-11-4-12-24-53)73-69(74-68)55-39-33-49(34-40-55)57-42-44-63(61-28-16-14-26-59(57)61)62-43-41-56(58-25-13-15-27-60(58)62)48-31-35-51(36-32-48)65-45-64(50-19-7-2-8-20-50)70-66(71-65)52-21-9-3-10-22-52/h1-45,67H,(H,72,73,74). The van der Waals surface area contributed by atoms with E-state index in [1.807, 2.05) is 48.5 Å². The van der Waals surface area contributed by atoms with Crippen molar-refractivity contribution in [1.29, 1.82) is 0 Å². The fourth-order valence-electron chi connectivity index (χ4n) is 10.2. The molecule has 0 saturated heterocycles. The minimum absolute atomic E-state index is 0.284. The topological polar surface area (TPSA) is 62.5 Å². The van der Waals surface area contributed by atoms with Crippen LogP contribution in [-0.4, -0.2) is 21.6 Å². The molecule has 1 atom stereocenters. The number of amidine groups is 2. The van der Waals surface area contributed by atoms with Crippen LogP contribution in [0.2, 0.25) is 0 Å². The van der Waals surface area contributed by atoms with Crippen LogP contribution in [0.4, 0.5) is 0 Å². The minimum atomic E-state index is -0.284. The molecule has 0 saturated carbocycles. The summed E-state index contributed by atoms with van der Waals surface area (Å²) < 4.78 is 0. The Hall–Kier alpha value is -9.84. The van der Waals surface area contributed by atoms with Crippen molar-refractivity contribution in [3.63, 3.8) is 0 Å². The first-order chi connectivity index (χ1) is 36.7. The summed E-state index contributed by atoms with van der Waals surface area (Å²) in [6, 6.07) is 96.2. The van der Waals surface area contributed by atoms with E-state index in [1.54, 1.807) is 0 Å². The smallest absolute Gasteiger partial charge is 0.160 e. The molecule has 2 heterocycles. The maximum Gasteiger partial charge on any atom is 0.160 e. The third-order valence-corrected chi connectivity index (χ3v) is 14.0. The largest absolute Gasteiger partial charge is 0.344 e. The fourth-order valence-corrected chi connectivity index (χ4v) is 10.2. The molecule has 5 heteroatoms. The molecular formula is C69H47N5. The van der Waals surface area contributed by atoms with Crippen molar-refractivity contribution in [2.24, 2.45) is 9.98 Å². The van der Waals surface area contributed by atoms with Gasteiger partial charge in [-0.3, -0.25) is 0 Å². The van der Waals surface area contributed by atoms with Crippen molar-refractivity contribution in [2.45, 2.75) is 6.17 Å². The number of aliphatic imine (C=N–C) groups is 2. The Bertz CT molecular complexity index is 3980. The molecule has 0 aliphatic carbocycles. The zero-order valence-electron chi connectivity index (χ0n) is 40.3. The lowest BCUT2D eigenvalue weighted by molar-refractivity contribution is 0.674. The summed E-state index contributed by atoms with van der Waals surface area (Å²) in [6.45, 7) is 0. The zero-order chi connectivity index (χ0) is 49.2. The molecule has 1 N–H and O–H groups in total. The number of fused-ring (bicyclic) bond motifs is 2. The van der Waals surface area contributed by atoms with E-state index in [4.69, 9.17) is 20.0 Å². The Balaban J connectivity index is 0.815. The van der Waals surface area contributed by atoms with E-state index in [9.17, 15) is 0 Å². The first kappa shape index (κ1) is 44.1. The fraction of sp³-hybridized carbons (Fsp3) is 0.0145. The van der Waals surface area contributed by atoms with Gasteiger partial charge in [0.1, 0.15) is 12.0 Å². The van der Waals surface area contributed by atoms with Crippen LogP contribution in [0.15, 0.2) is 283 Å². The van der Waals surface area contributed by atoms with Gasteiger partial charge in [0.2, 0.25) is 0 Å². The van der Waals surface area contributed by atoms with Crippen LogP contribution in [-0.2, 0) is 0 Å².